The second-order valence-electron chi connectivity index (χ2n) is 9.97. The minimum absolute atomic E-state index is 0.0598. The molecule has 39 heavy (non-hydrogen) atoms. The quantitative estimate of drug-likeness (QED) is 0.358. The Balaban J connectivity index is 1.32. The molecule has 0 spiro atoms. The average molecular weight is 551 g/mol. The van der Waals surface area contributed by atoms with E-state index in [9.17, 15) is 9.59 Å². The molecule has 2 aromatic carbocycles. The molecule has 2 aliphatic heterocycles. The molecule has 1 aromatic heterocycles. The first-order chi connectivity index (χ1) is 18.9. The highest BCUT2D eigenvalue weighted by atomic mass is 32.1. The first kappa shape index (κ1) is 27.0. The largest absolute Gasteiger partial charge is 0.491 e. The van der Waals surface area contributed by atoms with Gasteiger partial charge in [0.2, 0.25) is 12.7 Å². The van der Waals surface area contributed by atoms with E-state index in [-0.39, 0.29) is 37.7 Å². The van der Waals surface area contributed by atoms with E-state index in [1.165, 1.54) is 15.3 Å². The summed E-state index contributed by atoms with van der Waals surface area (Å²) in [7, 11) is 1.58. The lowest BCUT2D eigenvalue weighted by Gasteiger charge is -2.37. The second kappa shape index (κ2) is 12.1. The molecule has 1 unspecified atom stereocenters. The van der Waals surface area contributed by atoms with Crippen LogP contribution in [0.5, 0.6) is 17.2 Å². The van der Waals surface area contributed by atoms with Gasteiger partial charge >= 0.3 is 0 Å². The Morgan fingerprint density at radius 2 is 1.90 bits per heavy atom. The summed E-state index contributed by atoms with van der Waals surface area (Å²) >= 11 is 1.71. The third-order valence-electron chi connectivity index (χ3n) is 7.17. The lowest BCUT2D eigenvalue weighted by Crippen LogP contribution is -2.48. The molecular formula is C30H34N2O6S. The molecule has 206 valence electrons. The van der Waals surface area contributed by atoms with E-state index in [2.05, 4.69) is 37.4 Å². The molecule has 9 heteroatoms. The van der Waals surface area contributed by atoms with Crippen LogP contribution in [0.25, 0.3) is 0 Å². The molecular weight excluding hydrogens is 516 g/mol. The summed E-state index contributed by atoms with van der Waals surface area (Å²) in [5.41, 5.74) is 2.80. The summed E-state index contributed by atoms with van der Waals surface area (Å²) in [6.45, 7) is 5.90. The normalized spacial score (nSPS) is 15.8. The smallest absolute Gasteiger partial charge is 0.254 e. The summed E-state index contributed by atoms with van der Waals surface area (Å²) in [5.74, 6) is 1.96. The molecule has 0 radical (unpaired) electrons. The van der Waals surface area contributed by atoms with Gasteiger partial charge in [-0.25, -0.2) is 0 Å². The maximum absolute atomic E-state index is 13.8. The van der Waals surface area contributed by atoms with Crippen molar-refractivity contribution in [2.45, 2.75) is 32.2 Å². The SMILES string of the molecule is COCCN(CC(=O)N1CCc2sccc2C1COc1ccc(C(C)C)cc1)C(=O)c1ccc2c(c1)OCO2. The second-order valence-corrected chi connectivity index (χ2v) is 11.0. The zero-order valence-electron chi connectivity index (χ0n) is 22.6. The van der Waals surface area contributed by atoms with Crippen LogP contribution in [0.3, 0.4) is 0 Å². The maximum Gasteiger partial charge on any atom is 0.254 e. The molecule has 2 amide bonds. The summed E-state index contributed by atoms with van der Waals surface area (Å²) in [6, 6.07) is 15.0. The van der Waals surface area contributed by atoms with Crippen molar-refractivity contribution in [1.82, 2.24) is 9.80 Å². The molecule has 0 bridgehead atoms. The van der Waals surface area contributed by atoms with Crippen LogP contribution in [-0.2, 0) is 16.0 Å². The minimum atomic E-state index is -0.259. The molecule has 0 saturated heterocycles. The number of carbonyl (C=O) groups excluding carboxylic acids is 2. The summed E-state index contributed by atoms with van der Waals surface area (Å²) in [5, 5.41) is 2.07. The fourth-order valence-electron chi connectivity index (χ4n) is 4.92. The van der Waals surface area contributed by atoms with E-state index in [1.54, 1.807) is 36.6 Å². The molecule has 8 nitrogen and oxygen atoms in total. The lowest BCUT2D eigenvalue weighted by molar-refractivity contribution is -0.135. The number of rotatable bonds is 10. The van der Waals surface area contributed by atoms with E-state index in [1.807, 2.05) is 17.0 Å². The van der Waals surface area contributed by atoms with Gasteiger partial charge in [0.15, 0.2) is 11.5 Å². The average Bonchev–Trinajstić information content (AvgIpc) is 3.63. The van der Waals surface area contributed by atoms with Gasteiger partial charge in [-0.3, -0.25) is 9.59 Å². The van der Waals surface area contributed by atoms with Gasteiger partial charge < -0.3 is 28.7 Å². The van der Waals surface area contributed by atoms with Crippen molar-refractivity contribution in [1.29, 1.82) is 0 Å². The molecule has 2 aliphatic rings. The Hall–Kier alpha value is -3.56. The molecule has 1 atom stereocenters. The van der Waals surface area contributed by atoms with E-state index >= 15 is 0 Å². The van der Waals surface area contributed by atoms with Gasteiger partial charge in [0.05, 0.1) is 12.6 Å². The lowest BCUT2D eigenvalue weighted by atomic mass is 10.00. The summed E-state index contributed by atoms with van der Waals surface area (Å²) in [4.78, 5) is 31.9. The molecule has 0 aliphatic carbocycles. The van der Waals surface area contributed by atoms with Crippen LogP contribution in [0.1, 0.15) is 52.2 Å². The Kier molecular flexibility index (Phi) is 8.38. The van der Waals surface area contributed by atoms with Gasteiger partial charge in [-0.15, -0.1) is 11.3 Å². The minimum Gasteiger partial charge on any atom is -0.491 e. The van der Waals surface area contributed by atoms with Crippen LogP contribution in [0.4, 0.5) is 0 Å². The van der Waals surface area contributed by atoms with Crippen molar-refractivity contribution in [2.75, 3.05) is 46.8 Å². The number of benzene rings is 2. The Labute approximate surface area is 233 Å². The van der Waals surface area contributed by atoms with E-state index in [0.717, 1.165) is 17.7 Å². The van der Waals surface area contributed by atoms with Crippen molar-refractivity contribution < 1.29 is 28.5 Å². The van der Waals surface area contributed by atoms with Crippen molar-refractivity contribution in [2.24, 2.45) is 0 Å². The highest BCUT2D eigenvalue weighted by Gasteiger charge is 2.34. The maximum atomic E-state index is 13.8. The topological polar surface area (TPSA) is 77.5 Å². The number of thiophene rings is 1. The number of hydrogen-bond acceptors (Lipinski definition) is 7. The van der Waals surface area contributed by atoms with Crippen molar-refractivity contribution in [3.05, 3.63) is 75.5 Å². The zero-order valence-corrected chi connectivity index (χ0v) is 23.4. The number of fused-ring (bicyclic) bond motifs is 2. The van der Waals surface area contributed by atoms with Crippen LogP contribution in [0, 0.1) is 0 Å². The predicted octanol–water partition coefficient (Wildman–Crippen LogP) is 4.89. The van der Waals surface area contributed by atoms with Crippen LogP contribution < -0.4 is 14.2 Å². The number of ether oxygens (including phenoxy) is 4. The Morgan fingerprint density at radius 1 is 1.10 bits per heavy atom. The molecule has 5 rings (SSSR count). The van der Waals surface area contributed by atoms with Gasteiger partial charge in [0.1, 0.15) is 18.9 Å². The van der Waals surface area contributed by atoms with Gasteiger partial charge in [0.25, 0.3) is 5.91 Å². The highest BCUT2D eigenvalue weighted by molar-refractivity contribution is 7.10. The van der Waals surface area contributed by atoms with Gasteiger partial charge in [-0.05, 0) is 65.2 Å². The van der Waals surface area contributed by atoms with Gasteiger partial charge in [-0.2, -0.15) is 0 Å². The standard InChI is InChI=1S/C30H34N2O6S/c1-20(2)21-4-7-23(8-5-21)36-18-25-24-11-15-39-28(24)10-12-32(25)29(33)17-31(13-14-35-3)30(34)22-6-9-26-27(16-22)38-19-37-26/h4-9,11,15-16,20,25H,10,12-14,17-19H2,1-3H3. The molecule has 0 N–H and O–H groups in total. The zero-order chi connectivity index (χ0) is 27.4. The van der Waals surface area contributed by atoms with Crippen molar-refractivity contribution in [3.63, 3.8) is 0 Å². The molecule has 0 fully saturated rings. The Morgan fingerprint density at radius 3 is 2.67 bits per heavy atom. The molecule has 0 saturated carbocycles. The summed E-state index contributed by atoms with van der Waals surface area (Å²) < 4.78 is 22.3. The third kappa shape index (κ3) is 6.04. The number of amides is 2. The fraction of sp³-hybridized carbons (Fsp3) is 0.400. The fourth-order valence-corrected chi connectivity index (χ4v) is 5.85. The van der Waals surface area contributed by atoms with E-state index < -0.39 is 0 Å². The first-order valence-corrected chi connectivity index (χ1v) is 14.1. The van der Waals surface area contributed by atoms with Crippen molar-refractivity contribution >= 4 is 23.2 Å². The van der Waals surface area contributed by atoms with Gasteiger partial charge in [-0.1, -0.05) is 26.0 Å². The van der Waals surface area contributed by atoms with Crippen LogP contribution in [0.15, 0.2) is 53.9 Å². The van der Waals surface area contributed by atoms with Crippen LogP contribution in [0.2, 0.25) is 0 Å². The molecule has 3 aromatic rings. The van der Waals surface area contributed by atoms with Crippen LogP contribution >= 0.6 is 11.3 Å². The van der Waals surface area contributed by atoms with Gasteiger partial charge in [0, 0.05) is 30.6 Å². The van der Waals surface area contributed by atoms with Crippen LogP contribution in [-0.4, -0.2) is 68.4 Å². The Bertz CT molecular complexity index is 1310. The third-order valence-corrected chi connectivity index (χ3v) is 8.16. The monoisotopic (exact) mass is 550 g/mol. The van der Waals surface area contributed by atoms with E-state index in [4.69, 9.17) is 18.9 Å². The number of hydrogen-bond donors (Lipinski definition) is 0. The van der Waals surface area contributed by atoms with E-state index in [0.29, 0.717) is 42.7 Å². The summed E-state index contributed by atoms with van der Waals surface area (Å²) in [6.07, 6.45) is 0.784. The number of nitrogens with zero attached hydrogens (tertiary/aromatic N) is 2. The number of carbonyl (C=O) groups is 2. The predicted molar refractivity (Wildman–Crippen MR) is 149 cm³/mol. The first-order valence-electron chi connectivity index (χ1n) is 13.2. The number of methoxy groups -OCH3 is 1. The van der Waals surface area contributed by atoms with Crippen molar-refractivity contribution in [3.8, 4) is 17.2 Å². The molecule has 3 heterocycles. The highest BCUT2D eigenvalue weighted by Crippen LogP contribution is 2.35.